The van der Waals surface area contributed by atoms with Crippen molar-refractivity contribution in [1.29, 1.82) is 0 Å². The zero-order chi connectivity index (χ0) is 16.9. The highest BCUT2D eigenvalue weighted by Crippen LogP contribution is 2.22. The molecule has 0 saturated heterocycles. The van der Waals surface area contributed by atoms with E-state index in [4.69, 9.17) is 0 Å². The number of benzene rings is 2. The van der Waals surface area contributed by atoms with Gasteiger partial charge in [-0.2, -0.15) is 0 Å². The molecule has 0 radical (unpaired) electrons. The Morgan fingerprint density at radius 2 is 1.83 bits per heavy atom. The molecule has 0 fully saturated rings. The maximum absolute atomic E-state index is 12.9. The molecule has 2 aromatic carbocycles. The van der Waals surface area contributed by atoms with Gasteiger partial charge in [0, 0.05) is 22.4 Å². The second-order valence-electron chi connectivity index (χ2n) is 5.32. The number of hydrogen-bond donors (Lipinski definition) is 2. The van der Waals surface area contributed by atoms with Crippen molar-refractivity contribution in [3.05, 3.63) is 82.0 Å². The van der Waals surface area contributed by atoms with Crippen LogP contribution in [0.4, 0.5) is 16.0 Å². The third-order valence-corrected chi connectivity index (χ3v) is 4.35. The molecule has 0 saturated carbocycles. The first kappa shape index (κ1) is 16.3. The molecule has 4 nitrogen and oxygen atoms in total. The molecule has 0 bridgehead atoms. The summed E-state index contributed by atoms with van der Waals surface area (Å²) in [4.78, 5) is 20.0. The SMILES string of the molecule is Cc1ccc(SCc2cc(=O)[nH]c(Nc3ccc(F)cc3)n2)cc1. The van der Waals surface area contributed by atoms with Crippen molar-refractivity contribution in [3.8, 4) is 0 Å². The number of aromatic nitrogens is 2. The van der Waals surface area contributed by atoms with Gasteiger partial charge in [-0.15, -0.1) is 11.8 Å². The molecule has 3 aromatic rings. The molecule has 3 rings (SSSR count). The van der Waals surface area contributed by atoms with Crippen LogP contribution in [0.15, 0.2) is 64.3 Å². The van der Waals surface area contributed by atoms with E-state index in [1.165, 1.54) is 23.8 Å². The highest BCUT2D eigenvalue weighted by molar-refractivity contribution is 7.98. The van der Waals surface area contributed by atoms with Crippen LogP contribution in [0.2, 0.25) is 0 Å². The summed E-state index contributed by atoms with van der Waals surface area (Å²) in [5, 5.41) is 2.98. The highest BCUT2D eigenvalue weighted by atomic mass is 32.2. The molecule has 1 aromatic heterocycles. The Labute approximate surface area is 143 Å². The fraction of sp³-hybridized carbons (Fsp3) is 0.111. The summed E-state index contributed by atoms with van der Waals surface area (Å²) in [5.74, 6) is 0.615. The lowest BCUT2D eigenvalue weighted by Crippen LogP contribution is -2.11. The summed E-state index contributed by atoms with van der Waals surface area (Å²) in [6.07, 6.45) is 0. The molecule has 122 valence electrons. The topological polar surface area (TPSA) is 57.8 Å². The van der Waals surface area contributed by atoms with Gasteiger partial charge in [-0.25, -0.2) is 9.37 Å². The first-order chi connectivity index (χ1) is 11.6. The van der Waals surface area contributed by atoms with Gasteiger partial charge < -0.3 is 5.32 Å². The Morgan fingerprint density at radius 1 is 1.12 bits per heavy atom. The molecule has 0 atom stereocenters. The number of halogens is 1. The van der Waals surface area contributed by atoms with Crippen LogP contribution in [-0.4, -0.2) is 9.97 Å². The van der Waals surface area contributed by atoms with Gasteiger partial charge in [0.15, 0.2) is 0 Å². The van der Waals surface area contributed by atoms with Gasteiger partial charge in [-0.3, -0.25) is 9.78 Å². The summed E-state index contributed by atoms with van der Waals surface area (Å²) in [6, 6.07) is 15.5. The predicted molar refractivity (Wildman–Crippen MR) is 95.3 cm³/mol. The first-order valence-electron chi connectivity index (χ1n) is 7.41. The lowest BCUT2D eigenvalue weighted by atomic mass is 10.2. The molecular formula is C18H16FN3OS. The van der Waals surface area contributed by atoms with Gasteiger partial charge in [0.2, 0.25) is 5.95 Å². The summed E-state index contributed by atoms with van der Waals surface area (Å²) in [7, 11) is 0. The average Bonchev–Trinajstić information content (AvgIpc) is 2.56. The number of aryl methyl sites for hydroxylation is 1. The van der Waals surface area contributed by atoms with Gasteiger partial charge in [0.25, 0.3) is 5.56 Å². The van der Waals surface area contributed by atoms with Crippen LogP contribution < -0.4 is 10.9 Å². The van der Waals surface area contributed by atoms with Gasteiger partial charge >= 0.3 is 0 Å². The molecule has 0 unspecified atom stereocenters. The number of rotatable bonds is 5. The molecule has 6 heteroatoms. The number of aromatic amines is 1. The summed E-state index contributed by atoms with van der Waals surface area (Å²) >= 11 is 1.62. The van der Waals surface area contributed by atoms with Gasteiger partial charge in [0.1, 0.15) is 5.82 Å². The van der Waals surface area contributed by atoms with Gasteiger partial charge in [-0.1, -0.05) is 17.7 Å². The van der Waals surface area contributed by atoms with Crippen molar-refractivity contribution in [2.75, 3.05) is 5.32 Å². The highest BCUT2D eigenvalue weighted by Gasteiger charge is 2.04. The fourth-order valence-corrected chi connectivity index (χ4v) is 2.89. The Bertz CT molecular complexity index is 876. The van der Waals surface area contributed by atoms with Crippen molar-refractivity contribution < 1.29 is 4.39 Å². The van der Waals surface area contributed by atoms with Crippen molar-refractivity contribution in [3.63, 3.8) is 0 Å². The van der Waals surface area contributed by atoms with Crippen LogP contribution in [0.3, 0.4) is 0 Å². The minimum Gasteiger partial charge on any atom is -0.326 e. The summed E-state index contributed by atoms with van der Waals surface area (Å²) < 4.78 is 12.9. The molecule has 1 heterocycles. The normalized spacial score (nSPS) is 10.6. The Hall–Kier alpha value is -2.60. The zero-order valence-electron chi connectivity index (χ0n) is 13.0. The van der Waals surface area contributed by atoms with Crippen molar-refractivity contribution in [1.82, 2.24) is 9.97 Å². The lowest BCUT2D eigenvalue weighted by molar-refractivity contribution is 0.628. The summed E-state index contributed by atoms with van der Waals surface area (Å²) in [5.41, 5.74) is 2.31. The van der Waals surface area contributed by atoms with Crippen molar-refractivity contribution >= 4 is 23.4 Å². The number of hydrogen-bond acceptors (Lipinski definition) is 4. The third-order valence-electron chi connectivity index (χ3n) is 3.31. The van der Waals surface area contributed by atoms with E-state index in [0.29, 0.717) is 23.1 Å². The van der Waals surface area contributed by atoms with Crippen molar-refractivity contribution in [2.24, 2.45) is 0 Å². The molecule has 0 aliphatic heterocycles. The van der Waals surface area contributed by atoms with Crippen LogP contribution in [0.1, 0.15) is 11.3 Å². The Kier molecular flexibility index (Phi) is 4.96. The minimum atomic E-state index is -0.315. The van der Waals surface area contributed by atoms with E-state index >= 15 is 0 Å². The molecule has 0 amide bonds. The fourth-order valence-electron chi connectivity index (χ4n) is 2.10. The molecular weight excluding hydrogens is 325 g/mol. The number of nitrogens with zero attached hydrogens (tertiary/aromatic N) is 1. The molecule has 0 aliphatic carbocycles. The zero-order valence-corrected chi connectivity index (χ0v) is 13.9. The molecule has 0 spiro atoms. The minimum absolute atomic E-state index is 0.228. The van der Waals surface area contributed by atoms with E-state index < -0.39 is 0 Å². The van der Waals surface area contributed by atoms with Crippen LogP contribution in [-0.2, 0) is 5.75 Å². The summed E-state index contributed by atoms with van der Waals surface area (Å²) in [6.45, 7) is 2.04. The average molecular weight is 341 g/mol. The first-order valence-corrected chi connectivity index (χ1v) is 8.39. The maximum Gasteiger partial charge on any atom is 0.252 e. The molecule has 0 aliphatic rings. The standard InChI is InChI=1S/C18H16FN3OS/c1-12-2-8-16(9-3-12)24-11-15-10-17(23)22-18(21-15)20-14-6-4-13(19)5-7-14/h2-10H,11H2,1H3,(H2,20,21,22,23). The van der Waals surface area contributed by atoms with E-state index in [2.05, 4.69) is 27.4 Å². The third kappa shape index (κ3) is 4.45. The molecule has 2 N–H and O–H groups in total. The van der Waals surface area contributed by atoms with Gasteiger partial charge in [0.05, 0.1) is 5.69 Å². The van der Waals surface area contributed by atoms with Gasteiger partial charge in [-0.05, 0) is 43.3 Å². The van der Waals surface area contributed by atoms with Crippen molar-refractivity contribution in [2.45, 2.75) is 17.6 Å². The predicted octanol–water partition coefficient (Wildman–Crippen LogP) is 4.25. The van der Waals surface area contributed by atoms with Crippen LogP contribution >= 0.6 is 11.8 Å². The van der Waals surface area contributed by atoms with E-state index in [1.54, 1.807) is 23.9 Å². The smallest absolute Gasteiger partial charge is 0.252 e. The number of anilines is 2. The van der Waals surface area contributed by atoms with Crippen LogP contribution in [0.25, 0.3) is 0 Å². The maximum atomic E-state index is 12.9. The second kappa shape index (κ2) is 7.31. The van der Waals surface area contributed by atoms with E-state index in [-0.39, 0.29) is 11.4 Å². The number of nitrogens with one attached hydrogen (secondary N) is 2. The molecule has 24 heavy (non-hydrogen) atoms. The lowest BCUT2D eigenvalue weighted by Gasteiger charge is -2.07. The van der Waals surface area contributed by atoms with E-state index in [9.17, 15) is 9.18 Å². The number of H-pyrrole nitrogens is 1. The van der Waals surface area contributed by atoms with Crippen LogP contribution in [0, 0.1) is 12.7 Å². The monoisotopic (exact) mass is 341 g/mol. The Balaban J connectivity index is 1.72. The number of thioether (sulfide) groups is 1. The quantitative estimate of drug-likeness (QED) is 0.681. The van der Waals surface area contributed by atoms with E-state index in [1.807, 2.05) is 19.1 Å². The Morgan fingerprint density at radius 3 is 2.54 bits per heavy atom. The second-order valence-corrected chi connectivity index (χ2v) is 6.37. The van der Waals surface area contributed by atoms with Crippen LogP contribution in [0.5, 0.6) is 0 Å². The van der Waals surface area contributed by atoms with E-state index in [0.717, 1.165) is 4.90 Å². The largest absolute Gasteiger partial charge is 0.326 e.